The summed E-state index contributed by atoms with van der Waals surface area (Å²) < 4.78 is 5.68. The lowest BCUT2D eigenvalue weighted by atomic mass is 10.1. The minimum absolute atomic E-state index is 0.160. The van der Waals surface area contributed by atoms with Crippen LogP contribution < -0.4 is 16.4 Å². The number of benzene rings is 2. The van der Waals surface area contributed by atoms with E-state index in [1.54, 1.807) is 54.6 Å². The standard InChI is InChI=1S/C21H18BrN3O4/c22-18-9-8-17(29-18)21(28)25-16-6-4-13(5-7-16)11-19(26)24-12-14-2-1-3-15(10-14)20(23)27/h1-10H,11-12H2,(H2,23,27)(H,24,26)(H,25,28). The summed E-state index contributed by atoms with van der Waals surface area (Å²) in [4.78, 5) is 35.4. The van der Waals surface area contributed by atoms with Crippen LogP contribution >= 0.6 is 15.9 Å². The molecule has 7 nitrogen and oxygen atoms in total. The van der Waals surface area contributed by atoms with Gasteiger partial charge < -0.3 is 20.8 Å². The highest BCUT2D eigenvalue weighted by Crippen LogP contribution is 2.16. The highest BCUT2D eigenvalue weighted by Gasteiger charge is 2.11. The predicted molar refractivity (Wildman–Crippen MR) is 111 cm³/mol. The number of carbonyl (C=O) groups is 3. The second-order valence-corrected chi connectivity index (χ2v) is 7.05. The maximum atomic E-state index is 12.2. The average molecular weight is 456 g/mol. The van der Waals surface area contributed by atoms with Crippen molar-refractivity contribution in [3.8, 4) is 0 Å². The van der Waals surface area contributed by atoms with E-state index in [9.17, 15) is 14.4 Å². The minimum Gasteiger partial charge on any atom is -0.444 e. The van der Waals surface area contributed by atoms with Crippen LogP contribution in [-0.2, 0) is 17.8 Å². The fourth-order valence-corrected chi connectivity index (χ4v) is 2.92. The third-order valence-electron chi connectivity index (χ3n) is 4.07. The average Bonchev–Trinajstić information content (AvgIpc) is 3.15. The van der Waals surface area contributed by atoms with Gasteiger partial charge in [0.05, 0.1) is 6.42 Å². The number of nitrogens with one attached hydrogen (secondary N) is 2. The summed E-state index contributed by atoms with van der Waals surface area (Å²) in [5.41, 5.74) is 7.84. The van der Waals surface area contributed by atoms with Gasteiger partial charge in [-0.05, 0) is 63.5 Å². The smallest absolute Gasteiger partial charge is 0.291 e. The van der Waals surface area contributed by atoms with Crippen molar-refractivity contribution in [1.82, 2.24) is 5.32 Å². The van der Waals surface area contributed by atoms with Crippen LogP contribution in [0.2, 0.25) is 0 Å². The zero-order valence-electron chi connectivity index (χ0n) is 15.3. The monoisotopic (exact) mass is 455 g/mol. The summed E-state index contributed by atoms with van der Waals surface area (Å²) >= 11 is 3.15. The van der Waals surface area contributed by atoms with Gasteiger partial charge in [0.15, 0.2) is 10.4 Å². The summed E-state index contributed by atoms with van der Waals surface area (Å²) in [5, 5.41) is 5.53. The third kappa shape index (κ3) is 5.79. The van der Waals surface area contributed by atoms with E-state index in [0.717, 1.165) is 11.1 Å². The maximum Gasteiger partial charge on any atom is 0.291 e. The number of hydrogen-bond donors (Lipinski definition) is 3. The number of amides is 3. The normalized spacial score (nSPS) is 10.4. The molecule has 0 bridgehead atoms. The van der Waals surface area contributed by atoms with E-state index in [1.165, 1.54) is 0 Å². The van der Waals surface area contributed by atoms with Gasteiger partial charge >= 0.3 is 0 Å². The predicted octanol–water partition coefficient (Wildman–Crippen LogP) is 3.25. The molecule has 0 aliphatic heterocycles. The zero-order chi connectivity index (χ0) is 20.8. The molecule has 148 valence electrons. The molecule has 8 heteroatoms. The fraction of sp³-hybridized carbons (Fsp3) is 0.0952. The molecule has 29 heavy (non-hydrogen) atoms. The van der Waals surface area contributed by atoms with Gasteiger partial charge in [0.2, 0.25) is 11.8 Å². The summed E-state index contributed by atoms with van der Waals surface area (Å²) in [6.45, 7) is 0.298. The number of halogens is 1. The first-order chi connectivity index (χ1) is 13.9. The molecule has 0 fully saturated rings. The van der Waals surface area contributed by atoms with Gasteiger partial charge in [-0.1, -0.05) is 24.3 Å². The number of carbonyl (C=O) groups excluding carboxylic acids is 3. The van der Waals surface area contributed by atoms with Crippen LogP contribution in [0.1, 0.15) is 32.0 Å². The van der Waals surface area contributed by atoms with Gasteiger partial charge in [-0.25, -0.2) is 0 Å². The fourth-order valence-electron chi connectivity index (χ4n) is 2.62. The van der Waals surface area contributed by atoms with E-state index in [0.29, 0.717) is 22.5 Å². The lowest BCUT2D eigenvalue weighted by Gasteiger charge is -2.08. The third-order valence-corrected chi connectivity index (χ3v) is 4.50. The van der Waals surface area contributed by atoms with Crippen molar-refractivity contribution in [2.24, 2.45) is 5.73 Å². The van der Waals surface area contributed by atoms with Crippen LogP contribution in [0.4, 0.5) is 5.69 Å². The Labute approximate surface area is 175 Å². The summed E-state index contributed by atoms with van der Waals surface area (Å²) in [6, 6.07) is 17.0. The second kappa shape index (κ2) is 9.20. The van der Waals surface area contributed by atoms with E-state index < -0.39 is 5.91 Å². The van der Waals surface area contributed by atoms with Gasteiger partial charge in [0.1, 0.15) is 0 Å². The Kier molecular flexibility index (Phi) is 6.46. The first-order valence-corrected chi connectivity index (χ1v) is 9.51. The molecule has 1 aromatic heterocycles. The van der Waals surface area contributed by atoms with E-state index in [1.807, 2.05) is 6.07 Å². The molecule has 4 N–H and O–H groups in total. The Balaban J connectivity index is 1.51. The van der Waals surface area contributed by atoms with Crippen molar-refractivity contribution in [3.63, 3.8) is 0 Å². The van der Waals surface area contributed by atoms with Crippen LogP contribution in [0.3, 0.4) is 0 Å². The number of rotatable bonds is 7. The summed E-state index contributed by atoms with van der Waals surface area (Å²) in [7, 11) is 0. The Morgan fingerprint density at radius 1 is 0.966 bits per heavy atom. The Bertz CT molecular complexity index is 1040. The van der Waals surface area contributed by atoms with Crippen LogP contribution in [0.5, 0.6) is 0 Å². The molecule has 2 aromatic carbocycles. The van der Waals surface area contributed by atoms with E-state index in [-0.39, 0.29) is 24.0 Å². The van der Waals surface area contributed by atoms with Gasteiger partial charge in [-0.15, -0.1) is 0 Å². The number of nitrogens with two attached hydrogens (primary N) is 1. The van der Waals surface area contributed by atoms with Crippen LogP contribution in [0.25, 0.3) is 0 Å². The molecule has 0 saturated heterocycles. The van der Waals surface area contributed by atoms with Gasteiger partial charge in [-0.2, -0.15) is 0 Å². The van der Waals surface area contributed by atoms with Crippen molar-refractivity contribution in [3.05, 3.63) is 87.8 Å². The molecule has 3 aromatic rings. The van der Waals surface area contributed by atoms with Crippen molar-refractivity contribution in [2.45, 2.75) is 13.0 Å². The van der Waals surface area contributed by atoms with Gasteiger partial charge in [0, 0.05) is 17.8 Å². The summed E-state index contributed by atoms with van der Waals surface area (Å²) in [6.07, 6.45) is 0.189. The molecule has 0 spiro atoms. The van der Waals surface area contributed by atoms with Gasteiger partial charge in [0.25, 0.3) is 5.91 Å². The molecule has 0 aliphatic carbocycles. The topological polar surface area (TPSA) is 114 Å². The molecule has 1 heterocycles. The van der Waals surface area contributed by atoms with Crippen molar-refractivity contribution < 1.29 is 18.8 Å². The zero-order valence-corrected chi connectivity index (χ0v) is 16.9. The van der Waals surface area contributed by atoms with Crippen LogP contribution in [0.15, 0.2) is 69.8 Å². The number of anilines is 1. The summed E-state index contributed by atoms with van der Waals surface area (Å²) in [5.74, 6) is -0.836. The van der Waals surface area contributed by atoms with E-state index in [4.69, 9.17) is 10.2 Å². The Hall–Kier alpha value is -3.39. The molecule has 0 aliphatic rings. The largest absolute Gasteiger partial charge is 0.444 e. The Morgan fingerprint density at radius 2 is 1.72 bits per heavy atom. The lowest BCUT2D eigenvalue weighted by molar-refractivity contribution is -0.120. The first kappa shape index (κ1) is 20.3. The lowest BCUT2D eigenvalue weighted by Crippen LogP contribution is -2.24. The van der Waals surface area contributed by atoms with E-state index >= 15 is 0 Å². The molecule has 0 radical (unpaired) electrons. The number of hydrogen-bond acceptors (Lipinski definition) is 4. The maximum absolute atomic E-state index is 12.2. The minimum atomic E-state index is -0.509. The highest BCUT2D eigenvalue weighted by atomic mass is 79.9. The molecule has 0 atom stereocenters. The van der Waals surface area contributed by atoms with Crippen LogP contribution in [0, 0.1) is 0 Å². The SMILES string of the molecule is NC(=O)c1cccc(CNC(=O)Cc2ccc(NC(=O)c3ccc(Br)o3)cc2)c1. The second-order valence-electron chi connectivity index (χ2n) is 6.27. The highest BCUT2D eigenvalue weighted by molar-refractivity contribution is 9.10. The molecule has 0 saturated carbocycles. The molecular formula is C21H18BrN3O4. The van der Waals surface area contributed by atoms with Crippen LogP contribution in [-0.4, -0.2) is 17.7 Å². The van der Waals surface area contributed by atoms with Crippen molar-refractivity contribution in [1.29, 1.82) is 0 Å². The number of furan rings is 1. The van der Waals surface area contributed by atoms with E-state index in [2.05, 4.69) is 26.6 Å². The molecular weight excluding hydrogens is 438 g/mol. The molecule has 3 amide bonds. The number of primary amides is 1. The molecule has 0 unspecified atom stereocenters. The van der Waals surface area contributed by atoms with Crippen molar-refractivity contribution >= 4 is 39.3 Å². The van der Waals surface area contributed by atoms with Gasteiger partial charge in [-0.3, -0.25) is 14.4 Å². The Morgan fingerprint density at radius 3 is 2.38 bits per heavy atom. The molecule has 3 rings (SSSR count). The first-order valence-electron chi connectivity index (χ1n) is 8.72. The quantitative estimate of drug-likeness (QED) is 0.506. The van der Waals surface area contributed by atoms with Crippen molar-refractivity contribution in [2.75, 3.05) is 5.32 Å².